The lowest BCUT2D eigenvalue weighted by Gasteiger charge is -2.45. The molecule has 5 unspecified atom stereocenters. The largest absolute Gasteiger partial charge is 0.508 e. The first kappa shape index (κ1) is 44.4. The van der Waals surface area contributed by atoms with Gasteiger partial charge in [-0.2, -0.15) is 0 Å². The molecule has 2 bridgehead atoms. The van der Waals surface area contributed by atoms with Crippen molar-refractivity contribution in [1.29, 1.82) is 0 Å². The monoisotopic (exact) mass is 867 g/mol. The third kappa shape index (κ3) is 9.36. The molecule has 0 radical (unpaired) electrons. The van der Waals surface area contributed by atoms with Crippen molar-refractivity contribution < 1.29 is 39.8 Å². The van der Waals surface area contributed by atoms with Gasteiger partial charge in [0.2, 0.25) is 5.75 Å². The number of methoxy groups -OCH3 is 1. The van der Waals surface area contributed by atoms with Crippen LogP contribution in [0.15, 0.2) is 97.3 Å². The second kappa shape index (κ2) is 19.3. The summed E-state index contributed by atoms with van der Waals surface area (Å²) >= 11 is 0. The fourth-order valence-corrected chi connectivity index (χ4v) is 10.7. The Labute approximate surface area is 375 Å². The first-order valence-corrected chi connectivity index (χ1v) is 22.8. The summed E-state index contributed by atoms with van der Waals surface area (Å²) in [7, 11) is 1.50. The summed E-state index contributed by atoms with van der Waals surface area (Å²) in [6.07, 6.45) is 9.17. The van der Waals surface area contributed by atoms with Gasteiger partial charge in [0.05, 0.1) is 25.7 Å². The Hall–Kier alpha value is -6.20. The maximum Gasteiger partial charge on any atom is 0.200 e. The van der Waals surface area contributed by atoms with Gasteiger partial charge >= 0.3 is 0 Å². The highest BCUT2D eigenvalue weighted by Gasteiger charge is 2.54. The van der Waals surface area contributed by atoms with Crippen molar-refractivity contribution >= 4 is 28.1 Å². The molecule has 2 aromatic heterocycles. The lowest BCUT2D eigenvalue weighted by Crippen LogP contribution is -2.50. The van der Waals surface area contributed by atoms with Gasteiger partial charge in [0.1, 0.15) is 17.4 Å². The number of ether oxygens (including phenoxy) is 2. The number of carbonyl (C=O) groups excluding carboxylic acids is 1. The number of aryl methyl sites for hydroxylation is 2. The first-order chi connectivity index (χ1) is 30.9. The van der Waals surface area contributed by atoms with Crippen LogP contribution in [0.25, 0.3) is 10.8 Å². The average Bonchev–Trinajstić information content (AvgIpc) is 3.96. The van der Waals surface area contributed by atoms with Gasteiger partial charge in [-0.15, -0.1) is 0 Å². The molecular weight excluding hydrogens is 807 g/mol. The van der Waals surface area contributed by atoms with E-state index in [0.29, 0.717) is 61.8 Å². The number of hydrogen-bond acceptors (Lipinski definition) is 10. The standard InChI is InChI=1S/C53H61N3O8/c1-32(2)7-6-24-64-49-29-36(28-47(61)52(49)62)34-12-15-42-41-16-14-40(57)26-35(41)13-17-43(42)56-50-31-38(20-23-55-50)53(21-4-8-37(53)30-39-9-5-22-54-39)51(46(60)27-34)45(59)19-11-33-10-18-44(58)48(25-33)63-3/h5,9-10,13-14,16-18,20,22-23,25-26,28-29,31-32,34,37,45,51,54,57-59,61-62H,4,6-8,11-12,15,19,21,24,27,30H2,1-3H3,(H,55,56). The number of hydrogen-bond donors (Lipinski definition) is 7. The van der Waals surface area contributed by atoms with E-state index in [1.165, 1.54) is 7.11 Å². The molecule has 5 atom stereocenters. The molecule has 6 aromatic rings. The van der Waals surface area contributed by atoms with E-state index in [0.717, 1.165) is 64.5 Å². The number of aliphatic hydroxyl groups excluding tert-OH is 1. The van der Waals surface area contributed by atoms with Crippen molar-refractivity contribution in [3.63, 3.8) is 0 Å². The van der Waals surface area contributed by atoms with Gasteiger partial charge in [-0.05, 0) is 175 Å². The molecule has 11 heteroatoms. The number of benzene rings is 4. The number of nitrogens with zero attached hydrogens (tertiary/aromatic N) is 1. The van der Waals surface area contributed by atoms with Crippen LogP contribution in [-0.4, -0.2) is 61.1 Å². The maximum atomic E-state index is 15.9. The van der Waals surface area contributed by atoms with Crippen LogP contribution in [0.2, 0.25) is 0 Å². The molecule has 3 heterocycles. The molecule has 1 spiro atoms. The van der Waals surface area contributed by atoms with E-state index in [-0.39, 0.29) is 53.3 Å². The molecule has 4 aromatic carbocycles. The molecule has 1 fully saturated rings. The highest BCUT2D eigenvalue weighted by molar-refractivity contribution is 5.92. The van der Waals surface area contributed by atoms with Crippen LogP contribution in [0.3, 0.4) is 0 Å². The zero-order chi connectivity index (χ0) is 45.0. The van der Waals surface area contributed by atoms with E-state index in [9.17, 15) is 25.5 Å². The fraction of sp³-hybridized carbons (Fsp3) is 0.396. The second-order valence-corrected chi connectivity index (χ2v) is 18.3. The minimum atomic E-state index is -1.06. The predicted octanol–water partition coefficient (Wildman–Crippen LogP) is 10.5. The Balaban J connectivity index is 1.28. The van der Waals surface area contributed by atoms with Crippen molar-refractivity contribution in [2.45, 2.75) is 102 Å². The smallest absolute Gasteiger partial charge is 0.200 e. The SMILES string of the molecule is COc1cc(CCC(O)C2C(=O)CC(c3cc(O)c(O)c(OCCCC(C)C)c3)CCc3c(ccc4cc(O)ccc34)Nc3cc(ccn3)C23CCCC3Cc2ccc[nH]2)ccc1O. The van der Waals surface area contributed by atoms with Crippen LogP contribution in [0.5, 0.6) is 34.5 Å². The number of phenols is 4. The summed E-state index contributed by atoms with van der Waals surface area (Å²) in [5.41, 5.74) is 4.54. The highest BCUT2D eigenvalue weighted by Crippen LogP contribution is 2.55. The number of Topliss-reactive ketones (excluding diaryl/α,β-unsaturated/α-hetero) is 1. The molecule has 0 amide bonds. The average molecular weight is 868 g/mol. The molecule has 1 saturated carbocycles. The number of nitrogens with one attached hydrogen (secondary N) is 2. The lowest BCUT2D eigenvalue weighted by atomic mass is 9.58. The number of fused-ring (bicyclic) bond motifs is 6. The molecule has 8 rings (SSSR count). The quantitative estimate of drug-likeness (QED) is 0.0437. The van der Waals surface area contributed by atoms with Crippen molar-refractivity contribution in [2.75, 3.05) is 19.0 Å². The Bertz CT molecular complexity index is 2570. The predicted molar refractivity (Wildman–Crippen MR) is 249 cm³/mol. The van der Waals surface area contributed by atoms with Gasteiger partial charge in [0.25, 0.3) is 0 Å². The summed E-state index contributed by atoms with van der Waals surface area (Å²) in [6.45, 7) is 4.65. The van der Waals surface area contributed by atoms with E-state index >= 15 is 4.79 Å². The number of aliphatic hydroxyl groups is 1. The van der Waals surface area contributed by atoms with Crippen LogP contribution in [0, 0.1) is 17.8 Å². The number of anilines is 2. The first-order valence-electron chi connectivity index (χ1n) is 22.8. The molecular formula is C53H61N3O8. The van der Waals surface area contributed by atoms with Crippen molar-refractivity contribution in [1.82, 2.24) is 9.97 Å². The molecule has 64 heavy (non-hydrogen) atoms. The number of aromatic hydroxyl groups is 4. The summed E-state index contributed by atoms with van der Waals surface area (Å²) < 4.78 is 11.5. The van der Waals surface area contributed by atoms with E-state index in [4.69, 9.17) is 14.5 Å². The molecule has 1 aliphatic carbocycles. The number of aromatic amines is 1. The maximum absolute atomic E-state index is 15.9. The highest BCUT2D eigenvalue weighted by atomic mass is 16.5. The number of carbonyl (C=O) groups is 1. The summed E-state index contributed by atoms with van der Waals surface area (Å²) in [6, 6.07) is 25.9. The van der Waals surface area contributed by atoms with Crippen LogP contribution >= 0.6 is 0 Å². The van der Waals surface area contributed by atoms with Gasteiger partial charge < -0.3 is 45.3 Å². The zero-order valence-corrected chi connectivity index (χ0v) is 37.0. The van der Waals surface area contributed by atoms with Gasteiger partial charge in [0, 0.05) is 35.6 Å². The Kier molecular flexibility index (Phi) is 13.4. The van der Waals surface area contributed by atoms with Crippen molar-refractivity contribution in [2.24, 2.45) is 17.8 Å². The number of rotatable bonds is 13. The fourth-order valence-electron chi connectivity index (χ4n) is 10.7. The van der Waals surface area contributed by atoms with Crippen molar-refractivity contribution in [3.8, 4) is 34.5 Å². The van der Waals surface area contributed by atoms with E-state index < -0.39 is 23.4 Å². The van der Waals surface area contributed by atoms with E-state index in [1.54, 1.807) is 42.6 Å². The Morgan fingerprint density at radius 2 is 1.77 bits per heavy atom. The van der Waals surface area contributed by atoms with Crippen LogP contribution in [0.1, 0.15) is 99.1 Å². The number of ketones is 1. The second-order valence-electron chi connectivity index (χ2n) is 18.3. The minimum absolute atomic E-state index is 0.0187. The number of pyridine rings is 1. The summed E-state index contributed by atoms with van der Waals surface area (Å²) in [5.74, 6) is -0.264. The summed E-state index contributed by atoms with van der Waals surface area (Å²) in [4.78, 5) is 24.1. The molecule has 1 aliphatic heterocycles. The van der Waals surface area contributed by atoms with Crippen LogP contribution in [-0.2, 0) is 29.5 Å². The number of aromatic nitrogens is 2. The molecule has 2 aliphatic rings. The lowest BCUT2D eigenvalue weighted by molar-refractivity contribution is -0.132. The van der Waals surface area contributed by atoms with Gasteiger partial charge in [-0.1, -0.05) is 38.5 Å². The van der Waals surface area contributed by atoms with Gasteiger partial charge in [-0.25, -0.2) is 4.98 Å². The molecule has 11 nitrogen and oxygen atoms in total. The molecule has 336 valence electrons. The molecule has 7 N–H and O–H groups in total. The minimum Gasteiger partial charge on any atom is -0.508 e. The van der Waals surface area contributed by atoms with Crippen molar-refractivity contribution in [3.05, 3.63) is 125 Å². The zero-order valence-electron chi connectivity index (χ0n) is 37.0. The van der Waals surface area contributed by atoms with Gasteiger partial charge in [-0.3, -0.25) is 4.79 Å². The molecule has 0 saturated heterocycles. The van der Waals surface area contributed by atoms with E-state index in [1.807, 2.05) is 42.6 Å². The number of H-pyrrole nitrogens is 1. The topological polar surface area (TPSA) is 177 Å². The van der Waals surface area contributed by atoms with Crippen LogP contribution in [0.4, 0.5) is 11.5 Å². The van der Waals surface area contributed by atoms with Crippen LogP contribution < -0.4 is 14.8 Å². The Morgan fingerprint density at radius 3 is 2.56 bits per heavy atom. The van der Waals surface area contributed by atoms with Gasteiger partial charge in [0.15, 0.2) is 23.0 Å². The third-order valence-corrected chi connectivity index (χ3v) is 13.9. The Morgan fingerprint density at radius 1 is 0.906 bits per heavy atom. The third-order valence-electron chi connectivity index (χ3n) is 13.9. The number of phenolic OH excluding ortho intramolecular Hbond substituents is 4. The normalized spacial score (nSPS) is 20.6. The van der Waals surface area contributed by atoms with E-state index in [2.05, 4.69) is 36.3 Å². The summed E-state index contributed by atoms with van der Waals surface area (Å²) in [5, 5.41) is 61.4.